The SMILES string of the molecule is Nc1nccnc1NCc1cc2c(s1)CCC2. The maximum Gasteiger partial charge on any atom is 0.169 e. The molecule has 0 saturated carbocycles. The molecule has 0 bridgehead atoms. The number of rotatable bonds is 3. The summed E-state index contributed by atoms with van der Waals surface area (Å²) in [5, 5.41) is 3.23. The fraction of sp³-hybridized carbons (Fsp3) is 0.333. The highest BCUT2D eigenvalue weighted by Crippen LogP contribution is 2.30. The smallest absolute Gasteiger partial charge is 0.169 e. The van der Waals surface area contributed by atoms with Gasteiger partial charge in [-0.05, 0) is 30.9 Å². The largest absolute Gasteiger partial charge is 0.381 e. The van der Waals surface area contributed by atoms with Crippen LogP contribution in [0.25, 0.3) is 0 Å². The number of hydrogen-bond donors (Lipinski definition) is 2. The highest BCUT2D eigenvalue weighted by Gasteiger charge is 2.14. The van der Waals surface area contributed by atoms with Crippen LogP contribution in [-0.4, -0.2) is 9.97 Å². The lowest BCUT2D eigenvalue weighted by Gasteiger charge is -2.05. The quantitative estimate of drug-likeness (QED) is 0.871. The molecule has 3 rings (SSSR count). The van der Waals surface area contributed by atoms with Crippen LogP contribution in [0.2, 0.25) is 0 Å². The van der Waals surface area contributed by atoms with Crippen LogP contribution in [0, 0.1) is 0 Å². The summed E-state index contributed by atoms with van der Waals surface area (Å²) >= 11 is 1.90. The van der Waals surface area contributed by atoms with Gasteiger partial charge in [0.2, 0.25) is 0 Å². The van der Waals surface area contributed by atoms with E-state index in [1.165, 1.54) is 29.7 Å². The van der Waals surface area contributed by atoms with Crippen LogP contribution < -0.4 is 11.1 Å². The molecule has 1 aliphatic rings. The number of nitrogens with two attached hydrogens (primary N) is 1. The molecule has 3 N–H and O–H groups in total. The fourth-order valence-electron chi connectivity index (χ4n) is 2.13. The normalized spacial score (nSPS) is 13.6. The molecule has 0 unspecified atom stereocenters. The van der Waals surface area contributed by atoms with Gasteiger partial charge >= 0.3 is 0 Å². The zero-order valence-corrected chi connectivity index (χ0v) is 10.3. The van der Waals surface area contributed by atoms with Crippen molar-refractivity contribution in [3.63, 3.8) is 0 Å². The Kier molecular flexibility index (Phi) is 2.68. The molecule has 4 nitrogen and oxygen atoms in total. The minimum Gasteiger partial charge on any atom is -0.381 e. The second kappa shape index (κ2) is 4.33. The Labute approximate surface area is 104 Å². The first-order valence-electron chi connectivity index (χ1n) is 5.74. The van der Waals surface area contributed by atoms with Crippen molar-refractivity contribution in [1.29, 1.82) is 0 Å². The third kappa shape index (κ3) is 2.10. The van der Waals surface area contributed by atoms with E-state index >= 15 is 0 Å². The molecule has 17 heavy (non-hydrogen) atoms. The molecule has 0 fully saturated rings. The van der Waals surface area contributed by atoms with E-state index in [2.05, 4.69) is 21.4 Å². The zero-order chi connectivity index (χ0) is 11.7. The van der Waals surface area contributed by atoms with E-state index in [4.69, 9.17) is 5.73 Å². The van der Waals surface area contributed by atoms with Crippen molar-refractivity contribution >= 4 is 23.0 Å². The summed E-state index contributed by atoms with van der Waals surface area (Å²) in [5.74, 6) is 1.12. The average Bonchev–Trinajstić information content (AvgIpc) is 2.88. The van der Waals surface area contributed by atoms with Gasteiger partial charge in [0.05, 0.1) is 6.54 Å². The third-order valence-electron chi connectivity index (χ3n) is 2.95. The van der Waals surface area contributed by atoms with E-state index < -0.39 is 0 Å². The predicted molar refractivity (Wildman–Crippen MR) is 70.1 cm³/mol. The number of nitrogens with zero attached hydrogens (tertiary/aromatic N) is 2. The van der Waals surface area contributed by atoms with Gasteiger partial charge in [-0.3, -0.25) is 0 Å². The summed E-state index contributed by atoms with van der Waals surface area (Å²) < 4.78 is 0. The average molecular weight is 246 g/mol. The van der Waals surface area contributed by atoms with E-state index in [-0.39, 0.29) is 0 Å². The number of aromatic nitrogens is 2. The van der Waals surface area contributed by atoms with Gasteiger partial charge in [-0.15, -0.1) is 11.3 Å². The summed E-state index contributed by atoms with van der Waals surface area (Å²) in [6.07, 6.45) is 7.03. The molecular formula is C12H14N4S. The minimum absolute atomic E-state index is 0.455. The standard InChI is InChI=1S/C12H14N4S/c13-11-12(15-5-4-14-11)16-7-9-6-8-2-1-3-10(8)17-9/h4-6H,1-3,7H2,(H2,13,14)(H,15,16). The Bertz CT molecular complexity index is 514. The molecular weight excluding hydrogens is 232 g/mol. The van der Waals surface area contributed by atoms with Gasteiger partial charge in [0.1, 0.15) is 0 Å². The lowest BCUT2D eigenvalue weighted by Crippen LogP contribution is -2.04. The number of nitrogens with one attached hydrogen (secondary N) is 1. The van der Waals surface area contributed by atoms with Gasteiger partial charge in [-0.25, -0.2) is 9.97 Å². The molecule has 2 aromatic rings. The summed E-state index contributed by atoms with van der Waals surface area (Å²) in [4.78, 5) is 11.1. The molecule has 1 aliphatic carbocycles. The van der Waals surface area contributed by atoms with Crippen LogP contribution >= 0.6 is 11.3 Å². The molecule has 2 aromatic heterocycles. The molecule has 0 saturated heterocycles. The Balaban J connectivity index is 1.70. The second-order valence-electron chi connectivity index (χ2n) is 4.16. The van der Waals surface area contributed by atoms with Crippen LogP contribution in [0.3, 0.4) is 0 Å². The summed E-state index contributed by atoms with van der Waals surface area (Å²) in [5.41, 5.74) is 7.25. The van der Waals surface area contributed by atoms with E-state index in [1.807, 2.05) is 11.3 Å². The van der Waals surface area contributed by atoms with Crippen LogP contribution in [0.1, 0.15) is 21.7 Å². The minimum atomic E-state index is 0.455. The van der Waals surface area contributed by atoms with Crippen LogP contribution in [0.4, 0.5) is 11.6 Å². The van der Waals surface area contributed by atoms with Gasteiger partial charge in [0.25, 0.3) is 0 Å². The molecule has 0 radical (unpaired) electrons. The molecule has 0 spiro atoms. The van der Waals surface area contributed by atoms with Gasteiger partial charge in [-0.1, -0.05) is 0 Å². The molecule has 88 valence electrons. The number of nitrogen functional groups attached to an aromatic ring is 1. The Hall–Kier alpha value is -1.62. The summed E-state index contributed by atoms with van der Waals surface area (Å²) in [7, 11) is 0. The summed E-state index contributed by atoms with van der Waals surface area (Å²) in [6, 6.07) is 2.30. The van der Waals surface area contributed by atoms with Crippen molar-refractivity contribution < 1.29 is 0 Å². The third-order valence-corrected chi connectivity index (χ3v) is 4.19. The molecule has 0 amide bonds. The zero-order valence-electron chi connectivity index (χ0n) is 9.44. The molecule has 0 atom stereocenters. The van der Waals surface area contributed by atoms with Crippen molar-refractivity contribution in [2.45, 2.75) is 25.8 Å². The monoisotopic (exact) mass is 246 g/mol. The van der Waals surface area contributed by atoms with Crippen molar-refractivity contribution in [2.24, 2.45) is 0 Å². The Morgan fingerprint density at radius 1 is 1.29 bits per heavy atom. The maximum atomic E-state index is 5.72. The van der Waals surface area contributed by atoms with Crippen LogP contribution in [-0.2, 0) is 19.4 Å². The van der Waals surface area contributed by atoms with E-state index in [9.17, 15) is 0 Å². The lowest BCUT2D eigenvalue weighted by molar-refractivity contribution is 0.913. The van der Waals surface area contributed by atoms with Crippen molar-refractivity contribution in [1.82, 2.24) is 9.97 Å². The van der Waals surface area contributed by atoms with Crippen molar-refractivity contribution in [3.05, 3.63) is 33.8 Å². The first kappa shape index (κ1) is 10.5. The molecule has 0 aliphatic heterocycles. The molecule has 0 aromatic carbocycles. The number of thiophene rings is 1. The van der Waals surface area contributed by atoms with Crippen molar-refractivity contribution in [3.8, 4) is 0 Å². The van der Waals surface area contributed by atoms with E-state index in [0.717, 1.165) is 6.54 Å². The highest BCUT2D eigenvalue weighted by molar-refractivity contribution is 7.12. The number of aryl methyl sites for hydroxylation is 2. The van der Waals surface area contributed by atoms with Gasteiger partial charge in [-0.2, -0.15) is 0 Å². The lowest BCUT2D eigenvalue weighted by atomic mass is 10.2. The van der Waals surface area contributed by atoms with Gasteiger partial charge < -0.3 is 11.1 Å². The number of anilines is 2. The van der Waals surface area contributed by atoms with Gasteiger partial charge in [0.15, 0.2) is 11.6 Å². The summed E-state index contributed by atoms with van der Waals surface area (Å²) in [6.45, 7) is 0.778. The second-order valence-corrected chi connectivity index (χ2v) is 5.38. The van der Waals surface area contributed by atoms with E-state index in [1.54, 1.807) is 17.3 Å². The maximum absolute atomic E-state index is 5.72. The van der Waals surface area contributed by atoms with E-state index in [0.29, 0.717) is 11.6 Å². The molecule has 2 heterocycles. The first-order valence-corrected chi connectivity index (χ1v) is 6.55. The van der Waals surface area contributed by atoms with Crippen LogP contribution in [0.5, 0.6) is 0 Å². The first-order chi connectivity index (χ1) is 8.33. The molecule has 5 heteroatoms. The van der Waals surface area contributed by atoms with Crippen molar-refractivity contribution in [2.75, 3.05) is 11.1 Å². The highest BCUT2D eigenvalue weighted by atomic mass is 32.1. The van der Waals surface area contributed by atoms with Crippen LogP contribution in [0.15, 0.2) is 18.5 Å². The van der Waals surface area contributed by atoms with Gasteiger partial charge in [0, 0.05) is 22.1 Å². The Morgan fingerprint density at radius 3 is 3.00 bits per heavy atom. The fourth-order valence-corrected chi connectivity index (χ4v) is 3.33. The Morgan fingerprint density at radius 2 is 2.18 bits per heavy atom. The number of hydrogen-bond acceptors (Lipinski definition) is 5. The number of fused-ring (bicyclic) bond motifs is 1. The predicted octanol–water partition coefficient (Wildman–Crippen LogP) is 2.22. The topological polar surface area (TPSA) is 63.8 Å².